The summed E-state index contributed by atoms with van der Waals surface area (Å²) in [7, 11) is -1.47. The molecule has 0 aliphatic carbocycles. The van der Waals surface area contributed by atoms with Crippen molar-refractivity contribution in [1.29, 1.82) is 0 Å². The number of aromatic nitrogens is 2. The second-order valence-electron chi connectivity index (χ2n) is 6.12. The van der Waals surface area contributed by atoms with Crippen LogP contribution in [0.3, 0.4) is 0 Å². The summed E-state index contributed by atoms with van der Waals surface area (Å²) in [5.41, 5.74) is 0.194. The average Bonchev–Trinajstić information content (AvgIpc) is 3.20. The van der Waals surface area contributed by atoms with Crippen LogP contribution < -0.4 is 0 Å². The molecule has 1 aromatic carbocycles. The summed E-state index contributed by atoms with van der Waals surface area (Å²) in [5.74, 6) is -0.556. The second-order valence-corrected chi connectivity index (χ2v) is 9.64. The predicted octanol–water partition coefficient (Wildman–Crippen LogP) is 2.00. The topological polar surface area (TPSA) is 93.4 Å². The minimum atomic E-state index is -3.07. The van der Waals surface area contributed by atoms with Crippen molar-refractivity contribution >= 4 is 27.5 Å². The zero-order chi connectivity index (χ0) is 18.9. The van der Waals surface area contributed by atoms with Crippen LogP contribution in [0.25, 0.3) is 11.5 Å². The van der Waals surface area contributed by atoms with Crippen molar-refractivity contribution in [3.63, 3.8) is 0 Å². The molecule has 7 nitrogen and oxygen atoms in total. The van der Waals surface area contributed by atoms with E-state index < -0.39 is 20.9 Å². The number of sulfone groups is 1. The minimum absolute atomic E-state index is 0.00931. The molecular weight excluding hydrogens is 381 g/mol. The number of halogens is 1. The molecule has 0 saturated carbocycles. The molecule has 1 aliphatic heterocycles. The largest absolute Gasteiger partial charge is 0.411 e. The highest BCUT2D eigenvalue weighted by atomic mass is 32.2. The molecule has 0 N–H and O–H groups in total. The fraction of sp³-hybridized carbons (Fsp3) is 0.438. The molecule has 0 radical (unpaired) electrons. The monoisotopic (exact) mass is 399 g/mol. The summed E-state index contributed by atoms with van der Waals surface area (Å²) in [5, 5.41) is 7.27. The lowest BCUT2D eigenvalue weighted by molar-refractivity contribution is -0.130. The number of carbonyl (C=O) groups excluding carboxylic acids is 1. The molecule has 2 aromatic rings. The number of benzene rings is 1. The molecule has 1 saturated heterocycles. The van der Waals surface area contributed by atoms with Gasteiger partial charge < -0.3 is 9.32 Å². The SMILES string of the molecule is C[C@@H](Sc1nnc(-c2ccccc2F)o1)C(=O)N(C)[C@@H]1CCS(=O)(=O)C1. The van der Waals surface area contributed by atoms with Crippen molar-refractivity contribution in [2.24, 2.45) is 0 Å². The maximum absolute atomic E-state index is 13.8. The number of carbonyl (C=O) groups is 1. The molecule has 2 atom stereocenters. The number of hydrogen-bond donors (Lipinski definition) is 0. The van der Waals surface area contributed by atoms with Crippen molar-refractivity contribution in [2.75, 3.05) is 18.6 Å². The zero-order valence-electron chi connectivity index (χ0n) is 14.3. The van der Waals surface area contributed by atoms with Crippen LogP contribution in [0.4, 0.5) is 4.39 Å². The van der Waals surface area contributed by atoms with Gasteiger partial charge >= 0.3 is 0 Å². The van der Waals surface area contributed by atoms with Crippen molar-refractivity contribution in [1.82, 2.24) is 15.1 Å². The lowest BCUT2D eigenvalue weighted by Gasteiger charge is -2.25. The molecular formula is C16H18FN3O4S2. The molecule has 0 unspecified atom stereocenters. The van der Waals surface area contributed by atoms with Gasteiger partial charge in [-0.2, -0.15) is 0 Å². The summed E-state index contributed by atoms with van der Waals surface area (Å²) in [4.78, 5) is 14.0. The van der Waals surface area contributed by atoms with Gasteiger partial charge in [0, 0.05) is 13.1 Å². The molecule has 3 rings (SSSR count). The molecule has 1 amide bonds. The van der Waals surface area contributed by atoms with E-state index in [-0.39, 0.29) is 40.1 Å². The van der Waals surface area contributed by atoms with Gasteiger partial charge in [0.1, 0.15) is 5.82 Å². The lowest BCUT2D eigenvalue weighted by atomic mass is 10.2. The first-order chi connectivity index (χ1) is 12.3. The van der Waals surface area contributed by atoms with Gasteiger partial charge in [0.25, 0.3) is 11.1 Å². The number of amides is 1. The summed E-state index contributed by atoms with van der Waals surface area (Å²) >= 11 is 1.06. The molecule has 1 aliphatic rings. The van der Waals surface area contributed by atoms with Crippen LogP contribution in [0.2, 0.25) is 0 Å². The van der Waals surface area contributed by atoms with Gasteiger partial charge in [-0.3, -0.25) is 4.79 Å². The van der Waals surface area contributed by atoms with E-state index in [4.69, 9.17) is 4.42 Å². The first-order valence-electron chi connectivity index (χ1n) is 7.99. The van der Waals surface area contributed by atoms with E-state index in [1.54, 1.807) is 26.1 Å². The quantitative estimate of drug-likeness (QED) is 0.710. The Morgan fingerprint density at radius 2 is 2.12 bits per heavy atom. The Hall–Kier alpha value is -1.94. The normalized spacial score (nSPS) is 20.0. The van der Waals surface area contributed by atoms with Crippen LogP contribution in [0.1, 0.15) is 13.3 Å². The molecule has 0 spiro atoms. The Bertz CT molecular complexity index is 916. The third-order valence-corrected chi connectivity index (χ3v) is 6.91. The van der Waals surface area contributed by atoms with E-state index in [0.717, 1.165) is 11.8 Å². The van der Waals surface area contributed by atoms with Gasteiger partial charge in [0.05, 0.1) is 22.3 Å². The Morgan fingerprint density at radius 1 is 1.38 bits per heavy atom. The fourth-order valence-electron chi connectivity index (χ4n) is 2.75. The summed E-state index contributed by atoms with van der Waals surface area (Å²) in [6.07, 6.45) is 0.444. The lowest BCUT2D eigenvalue weighted by Crippen LogP contribution is -2.41. The van der Waals surface area contributed by atoms with Crippen LogP contribution >= 0.6 is 11.8 Å². The predicted molar refractivity (Wildman–Crippen MR) is 94.8 cm³/mol. The van der Waals surface area contributed by atoms with Crippen LogP contribution in [-0.4, -0.2) is 59.3 Å². The molecule has 1 fully saturated rings. The highest BCUT2D eigenvalue weighted by molar-refractivity contribution is 8.00. The number of thioether (sulfide) groups is 1. The van der Waals surface area contributed by atoms with Crippen molar-refractivity contribution in [3.8, 4) is 11.5 Å². The van der Waals surface area contributed by atoms with Crippen LogP contribution in [0.15, 0.2) is 33.9 Å². The highest BCUT2D eigenvalue weighted by Crippen LogP contribution is 2.29. The first kappa shape index (κ1) is 18.8. The van der Waals surface area contributed by atoms with Gasteiger partial charge in [-0.15, -0.1) is 10.2 Å². The van der Waals surface area contributed by atoms with E-state index in [2.05, 4.69) is 10.2 Å². The third kappa shape index (κ3) is 4.07. The molecule has 0 bridgehead atoms. The third-order valence-electron chi connectivity index (χ3n) is 4.24. The van der Waals surface area contributed by atoms with Gasteiger partial charge in [-0.1, -0.05) is 23.9 Å². The standard InChI is InChI=1S/C16H18FN3O4S2/c1-10(15(21)20(2)11-7-8-26(22,23)9-11)25-16-19-18-14(24-16)12-5-3-4-6-13(12)17/h3-6,10-11H,7-9H2,1-2H3/t10-,11-/m1/s1. The molecule has 140 valence electrons. The molecule has 1 aromatic heterocycles. The molecule has 2 heterocycles. The average molecular weight is 399 g/mol. The summed E-state index contributed by atoms with van der Waals surface area (Å²) in [6.45, 7) is 1.68. The van der Waals surface area contributed by atoms with E-state index in [1.807, 2.05) is 0 Å². The van der Waals surface area contributed by atoms with Gasteiger partial charge in [0.2, 0.25) is 5.91 Å². The summed E-state index contributed by atoms with van der Waals surface area (Å²) in [6, 6.07) is 5.73. The zero-order valence-corrected chi connectivity index (χ0v) is 15.9. The van der Waals surface area contributed by atoms with Gasteiger partial charge in [0.15, 0.2) is 9.84 Å². The van der Waals surface area contributed by atoms with Crippen molar-refractivity contribution in [2.45, 2.75) is 29.9 Å². The molecule has 26 heavy (non-hydrogen) atoms. The Labute approximate surface area is 154 Å². The fourth-order valence-corrected chi connectivity index (χ4v) is 5.31. The van der Waals surface area contributed by atoms with Gasteiger partial charge in [-0.25, -0.2) is 12.8 Å². The highest BCUT2D eigenvalue weighted by Gasteiger charge is 2.34. The van der Waals surface area contributed by atoms with E-state index >= 15 is 0 Å². The number of hydrogen-bond acceptors (Lipinski definition) is 7. The first-order valence-corrected chi connectivity index (χ1v) is 10.7. The maximum atomic E-state index is 13.8. The smallest absolute Gasteiger partial charge is 0.277 e. The Kier molecular flexibility index (Phi) is 5.33. The van der Waals surface area contributed by atoms with E-state index in [0.29, 0.717) is 6.42 Å². The van der Waals surface area contributed by atoms with Gasteiger partial charge in [-0.05, 0) is 25.5 Å². The number of rotatable bonds is 5. The minimum Gasteiger partial charge on any atom is -0.411 e. The maximum Gasteiger partial charge on any atom is 0.277 e. The van der Waals surface area contributed by atoms with Crippen molar-refractivity contribution < 1.29 is 22.0 Å². The Morgan fingerprint density at radius 3 is 2.77 bits per heavy atom. The van der Waals surface area contributed by atoms with Crippen LogP contribution in [0.5, 0.6) is 0 Å². The second kappa shape index (κ2) is 7.36. The van der Waals surface area contributed by atoms with E-state index in [1.165, 1.54) is 17.0 Å². The van der Waals surface area contributed by atoms with Crippen LogP contribution in [-0.2, 0) is 14.6 Å². The number of nitrogens with zero attached hydrogens (tertiary/aromatic N) is 3. The van der Waals surface area contributed by atoms with E-state index in [9.17, 15) is 17.6 Å². The Balaban J connectivity index is 1.66. The van der Waals surface area contributed by atoms with Crippen molar-refractivity contribution in [3.05, 3.63) is 30.1 Å². The molecule has 10 heteroatoms. The van der Waals surface area contributed by atoms with Crippen LogP contribution in [0, 0.1) is 5.82 Å². The summed E-state index contributed by atoms with van der Waals surface area (Å²) < 4.78 is 42.4.